The fourth-order valence-electron chi connectivity index (χ4n) is 9.19. The number of aliphatic hydroxyl groups is 2. The van der Waals surface area contributed by atoms with Crippen LogP contribution in [0.1, 0.15) is 204 Å². The van der Waals surface area contributed by atoms with Crippen molar-refractivity contribution in [1.29, 1.82) is 0 Å². The minimum absolute atomic E-state index is 0.0678. The number of anilines is 1. The van der Waals surface area contributed by atoms with E-state index in [1.807, 2.05) is 0 Å². The highest BCUT2D eigenvalue weighted by molar-refractivity contribution is 7.61. The number of hydrogen-bond acceptors (Lipinski definition) is 13. The quantitative estimate of drug-likeness (QED) is 0.0303. The SMILES string of the molecule is CC(C)CCCC(C)CCCC(C)CCCC(C)CCOC[C@@H](COP(=O)(O)OP(=O)(O)OC[C@H]1O[C@@H](n2ccc(N)nc2=O)[C@H](O)[C@@H]1O)OCCC(C)CCCC(C)CCCC(C)CCCC(C)C. The maximum atomic E-state index is 13.0. The average Bonchev–Trinajstić information content (AvgIpc) is 3.54. The molecule has 0 bridgehead atoms. The molecule has 0 radical (unpaired) electrons. The fourth-order valence-corrected chi connectivity index (χ4v) is 11.3. The maximum absolute atomic E-state index is 13.0. The highest BCUT2D eigenvalue weighted by atomic mass is 31.3. The monoisotopic (exact) mass is 1040 g/mol. The predicted octanol–water partition coefficient (Wildman–Crippen LogP) is 12.0. The third-order valence-corrected chi connectivity index (χ3v) is 16.7. The van der Waals surface area contributed by atoms with E-state index in [1.165, 1.54) is 109 Å². The summed E-state index contributed by atoms with van der Waals surface area (Å²) < 4.78 is 59.1. The first-order chi connectivity index (χ1) is 33.0. The zero-order chi connectivity index (χ0) is 52.3. The Bertz CT molecular complexity index is 1670. The number of nitrogens with two attached hydrogens (primary N) is 1. The third-order valence-electron chi connectivity index (χ3n) is 14.0. The summed E-state index contributed by atoms with van der Waals surface area (Å²) in [6.45, 7) is 22.7. The van der Waals surface area contributed by atoms with Gasteiger partial charge in [0.25, 0.3) is 0 Å². The van der Waals surface area contributed by atoms with Gasteiger partial charge in [0.1, 0.15) is 30.2 Å². The first-order valence-corrected chi connectivity index (χ1v) is 30.2. The summed E-state index contributed by atoms with van der Waals surface area (Å²) in [7, 11) is -10.5. The van der Waals surface area contributed by atoms with Gasteiger partial charge < -0.3 is 39.9 Å². The Labute approximate surface area is 423 Å². The number of nitrogens with zero attached hydrogens (tertiary/aromatic N) is 2. The van der Waals surface area contributed by atoms with Gasteiger partial charge in [-0.05, 0) is 66.3 Å². The largest absolute Gasteiger partial charge is 0.481 e. The van der Waals surface area contributed by atoms with Crippen molar-refractivity contribution in [2.75, 3.05) is 38.8 Å². The lowest BCUT2D eigenvalue weighted by Crippen LogP contribution is -2.36. The second kappa shape index (κ2) is 35.1. The highest BCUT2D eigenvalue weighted by Crippen LogP contribution is 2.60. The molecule has 412 valence electrons. The highest BCUT2D eigenvalue weighted by Gasteiger charge is 2.46. The molecule has 1 saturated heterocycles. The lowest BCUT2D eigenvalue weighted by Gasteiger charge is -2.22. The smallest absolute Gasteiger partial charge is 0.387 e. The third kappa shape index (κ3) is 29.6. The first kappa shape index (κ1) is 64.9. The number of hydrogen-bond donors (Lipinski definition) is 5. The molecule has 1 aromatic rings. The Hall–Kier alpha value is -1.26. The van der Waals surface area contributed by atoms with Gasteiger partial charge in [0, 0.05) is 19.4 Å². The number of nitrogen functional groups attached to an aromatic ring is 1. The number of phosphoric acid groups is 2. The molecule has 2 rings (SSSR count). The summed E-state index contributed by atoms with van der Waals surface area (Å²) in [6, 6.07) is 1.29. The van der Waals surface area contributed by atoms with Crippen molar-refractivity contribution in [1.82, 2.24) is 9.55 Å². The van der Waals surface area contributed by atoms with Gasteiger partial charge in [0.2, 0.25) is 0 Å². The summed E-state index contributed by atoms with van der Waals surface area (Å²) in [5.74, 6) is 5.34. The zero-order valence-electron chi connectivity index (χ0n) is 45.2. The van der Waals surface area contributed by atoms with E-state index >= 15 is 0 Å². The van der Waals surface area contributed by atoms with Gasteiger partial charge in [-0.15, -0.1) is 0 Å². The molecule has 1 aliphatic heterocycles. The van der Waals surface area contributed by atoms with Crippen molar-refractivity contribution >= 4 is 21.5 Å². The van der Waals surface area contributed by atoms with Crippen LogP contribution in [0.3, 0.4) is 0 Å². The lowest BCUT2D eigenvalue weighted by atomic mass is 9.91. The van der Waals surface area contributed by atoms with Crippen LogP contribution in [0.2, 0.25) is 0 Å². The van der Waals surface area contributed by atoms with E-state index in [2.05, 4.69) is 78.5 Å². The molecule has 8 unspecified atom stereocenters. The summed E-state index contributed by atoms with van der Waals surface area (Å²) in [6.07, 6.45) is 18.4. The van der Waals surface area contributed by atoms with Crippen LogP contribution in [0.15, 0.2) is 17.1 Å². The fraction of sp³-hybridized carbons (Fsp3) is 0.923. The average molecular weight is 1040 g/mol. The van der Waals surface area contributed by atoms with E-state index in [9.17, 15) is 33.9 Å². The van der Waals surface area contributed by atoms with Gasteiger partial charge in [-0.3, -0.25) is 13.6 Å². The van der Waals surface area contributed by atoms with Crippen molar-refractivity contribution in [2.45, 2.75) is 228 Å². The molecule has 0 spiro atoms. The molecular formula is C52H101N3O13P2. The summed E-state index contributed by atoms with van der Waals surface area (Å²) in [4.78, 5) is 36.8. The van der Waals surface area contributed by atoms with Crippen LogP contribution in [0.5, 0.6) is 0 Å². The molecule has 6 N–H and O–H groups in total. The van der Waals surface area contributed by atoms with Crippen molar-refractivity contribution in [3.05, 3.63) is 22.7 Å². The molecule has 18 heteroatoms. The molecule has 2 heterocycles. The molecule has 1 fully saturated rings. The van der Waals surface area contributed by atoms with E-state index in [4.69, 9.17) is 29.0 Å². The van der Waals surface area contributed by atoms with Crippen LogP contribution in [0.25, 0.3) is 0 Å². The molecule has 0 amide bonds. The van der Waals surface area contributed by atoms with E-state index < -0.39 is 65.2 Å². The normalized spacial score (nSPS) is 22.4. The Morgan fingerprint density at radius 1 is 0.614 bits per heavy atom. The Kier molecular flexibility index (Phi) is 32.5. The summed E-state index contributed by atoms with van der Waals surface area (Å²) >= 11 is 0. The predicted molar refractivity (Wildman–Crippen MR) is 279 cm³/mol. The van der Waals surface area contributed by atoms with Crippen LogP contribution in [0, 0.1) is 47.3 Å². The minimum atomic E-state index is -5.30. The van der Waals surface area contributed by atoms with Crippen LogP contribution >= 0.6 is 15.6 Å². The first-order valence-electron chi connectivity index (χ1n) is 27.2. The van der Waals surface area contributed by atoms with E-state index in [1.54, 1.807) is 0 Å². The van der Waals surface area contributed by atoms with Crippen LogP contribution in [-0.4, -0.2) is 87.0 Å². The van der Waals surface area contributed by atoms with Crippen molar-refractivity contribution in [3.8, 4) is 0 Å². The Balaban J connectivity index is 1.85. The molecule has 70 heavy (non-hydrogen) atoms. The van der Waals surface area contributed by atoms with Gasteiger partial charge in [-0.1, -0.05) is 185 Å². The number of aromatic nitrogens is 2. The molecular weight excluding hydrogens is 937 g/mol. The lowest BCUT2D eigenvalue weighted by molar-refractivity contribution is -0.0551. The van der Waals surface area contributed by atoms with E-state index in [-0.39, 0.29) is 12.4 Å². The summed E-state index contributed by atoms with van der Waals surface area (Å²) in [5.41, 5.74) is 4.67. The van der Waals surface area contributed by atoms with Crippen molar-refractivity contribution < 1.29 is 56.7 Å². The van der Waals surface area contributed by atoms with Crippen molar-refractivity contribution in [3.63, 3.8) is 0 Å². The van der Waals surface area contributed by atoms with E-state index in [0.29, 0.717) is 36.9 Å². The molecule has 13 atom stereocenters. The molecule has 1 aromatic heterocycles. The van der Waals surface area contributed by atoms with Crippen molar-refractivity contribution in [2.24, 2.45) is 47.3 Å². The van der Waals surface area contributed by atoms with Gasteiger partial charge in [0.15, 0.2) is 6.23 Å². The van der Waals surface area contributed by atoms with E-state index in [0.717, 1.165) is 60.3 Å². The van der Waals surface area contributed by atoms with Gasteiger partial charge >= 0.3 is 21.3 Å². The van der Waals surface area contributed by atoms with Crippen LogP contribution in [0.4, 0.5) is 5.82 Å². The summed E-state index contributed by atoms with van der Waals surface area (Å²) in [5, 5.41) is 21.0. The molecule has 16 nitrogen and oxygen atoms in total. The number of rotatable bonds is 42. The maximum Gasteiger partial charge on any atom is 0.481 e. The minimum Gasteiger partial charge on any atom is -0.387 e. The number of ether oxygens (including phenoxy) is 3. The zero-order valence-corrected chi connectivity index (χ0v) is 47.0. The second-order valence-electron chi connectivity index (χ2n) is 22.3. The number of phosphoric ester groups is 2. The molecule has 0 saturated carbocycles. The van der Waals surface area contributed by atoms with Gasteiger partial charge in [-0.25, -0.2) is 13.9 Å². The van der Waals surface area contributed by atoms with Gasteiger partial charge in [0.05, 0.1) is 19.8 Å². The molecule has 1 aliphatic rings. The topological polar surface area (TPSA) is 231 Å². The Morgan fingerprint density at radius 2 is 1.03 bits per heavy atom. The van der Waals surface area contributed by atoms with Crippen LogP contribution in [-0.2, 0) is 36.7 Å². The molecule has 0 aromatic carbocycles. The van der Waals surface area contributed by atoms with Crippen LogP contribution < -0.4 is 11.4 Å². The second-order valence-corrected chi connectivity index (χ2v) is 25.4. The molecule has 0 aliphatic carbocycles. The van der Waals surface area contributed by atoms with Gasteiger partial charge in [-0.2, -0.15) is 9.29 Å². The Morgan fingerprint density at radius 3 is 1.47 bits per heavy atom. The number of aliphatic hydroxyl groups excluding tert-OH is 2. The standard InChI is InChI=1S/C52H101N3O13P2/c1-38(2)17-11-19-40(5)21-13-23-42(7)25-15-27-44(9)30-33-63-35-46(64-34-31-45(10)28-16-26-43(8)24-14-22-41(6)20-12-18-39(3)4)36-65-69(59,60)68-70(61,62)66-37-47-49(56)50(57)51(67-47)55-32-29-48(53)54-52(55)58/h29,32,38-47,49-51,56-57H,11-28,30-31,33-37H2,1-10H3,(H,59,60)(H,61,62)(H2,53,54,58)/t40?,41?,42?,43?,44?,45?,46-,47+,49+,50+,51+/m0/s1.